The largest absolute Gasteiger partial charge is 0.357 e. The maximum atomic E-state index is 12.1. The Morgan fingerprint density at radius 3 is 2.56 bits per heavy atom. The van der Waals surface area contributed by atoms with Crippen LogP contribution in [0.2, 0.25) is 0 Å². The number of nitrogens with zero attached hydrogens (tertiary/aromatic N) is 3. The molecule has 0 aromatic rings. The number of aliphatic imine (C=N–C) groups is 1. The molecule has 0 aromatic heterocycles. The van der Waals surface area contributed by atoms with Crippen molar-refractivity contribution in [1.29, 1.82) is 0 Å². The molecule has 0 saturated carbocycles. The Bertz CT molecular complexity index is 395. The predicted octanol–water partition coefficient (Wildman–Crippen LogP) is 2.06. The summed E-state index contributed by atoms with van der Waals surface area (Å²) in [5.41, 5.74) is 0. The van der Waals surface area contributed by atoms with Crippen LogP contribution in [0.15, 0.2) is 4.99 Å². The highest BCUT2D eigenvalue weighted by molar-refractivity contribution is 5.81. The van der Waals surface area contributed by atoms with Gasteiger partial charge < -0.3 is 15.5 Å². The van der Waals surface area contributed by atoms with Crippen LogP contribution in [0.5, 0.6) is 0 Å². The van der Waals surface area contributed by atoms with Crippen LogP contribution in [0.3, 0.4) is 0 Å². The molecule has 1 aliphatic heterocycles. The fourth-order valence-corrected chi connectivity index (χ4v) is 3.47. The molecule has 1 atom stereocenters. The van der Waals surface area contributed by atoms with E-state index >= 15 is 0 Å². The molecule has 0 spiro atoms. The van der Waals surface area contributed by atoms with Gasteiger partial charge in [-0.2, -0.15) is 0 Å². The van der Waals surface area contributed by atoms with E-state index in [9.17, 15) is 4.79 Å². The number of hydrogen-bond donors (Lipinski definition) is 2. The van der Waals surface area contributed by atoms with Crippen molar-refractivity contribution >= 4 is 11.9 Å². The summed E-state index contributed by atoms with van der Waals surface area (Å²) in [7, 11) is 0. The minimum atomic E-state index is 0.201. The number of carbonyl (C=O) groups is 1. The molecule has 2 N–H and O–H groups in total. The first-order valence-corrected chi connectivity index (χ1v) is 10.2. The second-order valence-electron chi connectivity index (χ2n) is 6.60. The van der Waals surface area contributed by atoms with Gasteiger partial charge in [0.1, 0.15) is 0 Å². The van der Waals surface area contributed by atoms with Gasteiger partial charge in [-0.1, -0.05) is 13.3 Å². The summed E-state index contributed by atoms with van der Waals surface area (Å²) in [4.78, 5) is 21.2. The van der Waals surface area contributed by atoms with Gasteiger partial charge >= 0.3 is 0 Å². The second kappa shape index (κ2) is 13.0. The van der Waals surface area contributed by atoms with Gasteiger partial charge in [0.2, 0.25) is 5.91 Å². The van der Waals surface area contributed by atoms with E-state index in [4.69, 9.17) is 0 Å². The normalized spacial score (nSPS) is 18.9. The van der Waals surface area contributed by atoms with Gasteiger partial charge in [-0.3, -0.25) is 14.7 Å². The third kappa shape index (κ3) is 8.08. The lowest BCUT2D eigenvalue weighted by Crippen LogP contribution is -2.42. The standard InChI is InChI=1S/C19H39N5O/c1-5-17-11-9-10-15-24(17)16-14-22-19(20-6-2)21-13-12-18(25)23(7-3)8-4/h17H,5-16H2,1-4H3,(H2,20,21,22). The molecule has 1 unspecified atom stereocenters. The summed E-state index contributed by atoms with van der Waals surface area (Å²) in [6, 6.07) is 0.728. The Morgan fingerprint density at radius 1 is 1.16 bits per heavy atom. The lowest BCUT2D eigenvalue weighted by Gasteiger charge is -2.34. The number of guanidine groups is 1. The van der Waals surface area contributed by atoms with Crippen molar-refractivity contribution in [3.05, 3.63) is 0 Å². The van der Waals surface area contributed by atoms with E-state index in [1.54, 1.807) is 0 Å². The third-order valence-corrected chi connectivity index (χ3v) is 4.97. The monoisotopic (exact) mass is 353 g/mol. The molecule has 1 fully saturated rings. The molecule has 1 rings (SSSR count). The van der Waals surface area contributed by atoms with Gasteiger partial charge in [0.15, 0.2) is 5.96 Å². The Balaban J connectivity index is 2.39. The molecule has 6 nitrogen and oxygen atoms in total. The van der Waals surface area contributed by atoms with Crippen LogP contribution in [0.4, 0.5) is 0 Å². The summed E-state index contributed by atoms with van der Waals surface area (Å²) in [5.74, 6) is 1.02. The summed E-state index contributed by atoms with van der Waals surface area (Å²) in [5, 5.41) is 6.56. The van der Waals surface area contributed by atoms with Crippen LogP contribution in [0, 0.1) is 0 Å². The van der Waals surface area contributed by atoms with Crippen molar-refractivity contribution in [2.75, 3.05) is 45.8 Å². The predicted molar refractivity (Wildman–Crippen MR) is 106 cm³/mol. The number of likely N-dealkylation sites (tertiary alicyclic amines) is 1. The molecular weight excluding hydrogens is 314 g/mol. The Labute approximate surface area is 154 Å². The SMILES string of the molecule is CCNC(=NCCN1CCCCC1CC)NCCC(=O)N(CC)CC. The summed E-state index contributed by atoms with van der Waals surface area (Å²) >= 11 is 0. The lowest BCUT2D eigenvalue weighted by atomic mass is 10.0. The minimum Gasteiger partial charge on any atom is -0.357 e. The number of carbonyl (C=O) groups excluding carboxylic acids is 1. The smallest absolute Gasteiger partial charge is 0.224 e. The van der Waals surface area contributed by atoms with Gasteiger partial charge in [0.25, 0.3) is 0 Å². The first-order valence-electron chi connectivity index (χ1n) is 10.2. The second-order valence-corrected chi connectivity index (χ2v) is 6.60. The first kappa shape index (κ1) is 21.7. The number of piperidine rings is 1. The Kier molecular flexibility index (Phi) is 11.3. The van der Waals surface area contributed by atoms with Crippen molar-refractivity contribution in [2.45, 2.75) is 65.8 Å². The maximum absolute atomic E-state index is 12.1. The number of hydrogen-bond acceptors (Lipinski definition) is 3. The molecule has 146 valence electrons. The zero-order valence-electron chi connectivity index (χ0n) is 16.8. The van der Waals surface area contributed by atoms with E-state index in [1.807, 2.05) is 18.7 Å². The van der Waals surface area contributed by atoms with Crippen molar-refractivity contribution < 1.29 is 4.79 Å². The van der Waals surface area contributed by atoms with Crippen LogP contribution in [-0.4, -0.2) is 73.5 Å². The summed E-state index contributed by atoms with van der Waals surface area (Å²) < 4.78 is 0. The van der Waals surface area contributed by atoms with Crippen molar-refractivity contribution in [3.8, 4) is 0 Å². The molecule has 0 aliphatic carbocycles. The molecule has 25 heavy (non-hydrogen) atoms. The quantitative estimate of drug-likeness (QED) is 0.466. The van der Waals surface area contributed by atoms with Gasteiger partial charge in [-0.25, -0.2) is 0 Å². The summed E-state index contributed by atoms with van der Waals surface area (Å²) in [6.07, 6.45) is 5.74. The maximum Gasteiger partial charge on any atom is 0.224 e. The fraction of sp³-hybridized carbons (Fsp3) is 0.895. The van der Waals surface area contributed by atoms with E-state index in [1.165, 1.54) is 32.2 Å². The fourth-order valence-electron chi connectivity index (χ4n) is 3.47. The third-order valence-electron chi connectivity index (χ3n) is 4.97. The van der Waals surface area contributed by atoms with Crippen molar-refractivity contribution in [2.24, 2.45) is 4.99 Å². The van der Waals surface area contributed by atoms with Crippen molar-refractivity contribution in [1.82, 2.24) is 20.4 Å². The average Bonchev–Trinajstić information content (AvgIpc) is 2.63. The van der Waals surface area contributed by atoms with Crippen LogP contribution < -0.4 is 10.6 Å². The van der Waals surface area contributed by atoms with Crippen molar-refractivity contribution in [3.63, 3.8) is 0 Å². The molecule has 0 radical (unpaired) electrons. The van der Waals surface area contributed by atoms with Crippen LogP contribution in [0.25, 0.3) is 0 Å². The average molecular weight is 354 g/mol. The highest BCUT2D eigenvalue weighted by Gasteiger charge is 2.19. The molecule has 1 amide bonds. The van der Waals surface area contributed by atoms with E-state index in [0.29, 0.717) is 13.0 Å². The lowest BCUT2D eigenvalue weighted by molar-refractivity contribution is -0.130. The van der Waals surface area contributed by atoms with Crippen LogP contribution in [0.1, 0.15) is 59.8 Å². The summed E-state index contributed by atoms with van der Waals surface area (Å²) in [6.45, 7) is 14.4. The molecule has 0 aromatic carbocycles. The topological polar surface area (TPSA) is 60.0 Å². The van der Waals surface area contributed by atoms with E-state index < -0.39 is 0 Å². The highest BCUT2D eigenvalue weighted by atomic mass is 16.2. The highest BCUT2D eigenvalue weighted by Crippen LogP contribution is 2.18. The molecule has 1 aliphatic rings. The molecule has 0 bridgehead atoms. The number of amides is 1. The van der Waals surface area contributed by atoms with Crippen LogP contribution >= 0.6 is 0 Å². The van der Waals surface area contributed by atoms with Gasteiger partial charge in [-0.05, 0) is 46.6 Å². The first-order chi connectivity index (χ1) is 12.2. The molecule has 6 heteroatoms. The van der Waals surface area contributed by atoms with Gasteiger partial charge in [0, 0.05) is 45.2 Å². The number of rotatable bonds is 10. The van der Waals surface area contributed by atoms with E-state index in [0.717, 1.165) is 44.7 Å². The Morgan fingerprint density at radius 2 is 1.92 bits per heavy atom. The molecule has 1 saturated heterocycles. The van der Waals surface area contributed by atoms with E-state index in [2.05, 4.69) is 34.4 Å². The molecular formula is C19H39N5O. The zero-order chi connectivity index (χ0) is 18.5. The van der Waals surface area contributed by atoms with E-state index in [-0.39, 0.29) is 5.91 Å². The number of nitrogens with one attached hydrogen (secondary N) is 2. The minimum absolute atomic E-state index is 0.201. The van der Waals surface area contributed by atoms with Gasteiger partial charge in [-0.15, -0.1) is 0 Å². The Hall–Kier alpha value is -1.30. The van der Waals surface area contributed by atoms with Gasteiger partial charge in [0.05, 0.1) is 6.54 Å². The zero-order valence-corrected chi connectivity index (χ0v) is 16.8. The van der Waals surface area contributed by atoms with Crippen LogP contribution in [-0.2, 0) is 4.79 Å². The molecule has 1 heterocycles.